The van der Waals surface area contributed by atoms with Gasteiger partial charge in [-0.05, 0) is 31.5 Å². The smallest absolute Gasteiger partial charge is 0.215 e. The normalized spacial score (nSPS) is 22.0. The van der Waals surface area contributed by atoms with E-state index in [4.69, 9.17) is 0 Å². The Hall–Kier alpha value is -0.960. The lowest BCUT2D eigenvalue weighted by atomic mass is 9.99. The molecule has 3 heteroatoms. The summed E-state index contributed by atoms with van der Waals surface area (Å²) in [5.41, 5.74) is 1.72. The van der Waals surface area contributed by atoms with Crippen molar-refractivity contribution in [3.8, 4) is 0 Å². The van der Waals surface area contributed by atoms with E-state index in [0.717, 1.165) is 18.5 Å². The summed E-state index contributed by atoms with van der Waals surface area (Å²) >= 11 is 0. The van der Waals surface area contributed by atoms with Crippen molar-refractivity contribution >= 4 is 0 Å². The van der Waals surface area contributed by atoms with E-state index in [1.807, 2.05) is 6.07 Å². The van der Waals surface area contributed by atoms with E-state index < -0.39 is 0 Å². The van der Waals surface area contributed by atoms with Crippen LogP contribution in [0.1, 0.15) is 23.6 Å². The number of aromatic nitrogens is 1. The fraction of sp³-hybridized carbons (Fsp3) is 0.444. The molecule has 0 bridgehead atoms. The second-order valence-electron chi connectivity index (χ2n) is 3.17. The molecular formula is C9H11FN2. The molecule has 0 aromatic carbocycles. The van der Waals surface area contributed by atoms with Gasteiger partial charge in [0.1, 0.15) is 0 Å². The summed E-state index contributed by atoms with van der Waals surface area (Å²) in [6, 6.07) is 2.26. The third-order valence-electron chi connectivity index (χ3n) is 2.26. The number of pyridine rings is 1. The van der Waals surface area contributed by atoms with Crippen molar-refractivity contribution in [1.82, 2.24) is 10.3 Å². The van der Waals surface area contributed by atoms with Crippen molar-refractivity contribution in [3.63, 3.8) is 0 Å². The van der Waals surface area contributed by atoms with Gasteiger partial charge < -0.3 is 5.32 Å². The standard InChI is InChI=1S/C9H11FN2/c1-6-4-7(5-12-9(6)10)8-2-3-11-8/h4-5,8,11H,2-3H2,1H3/t8-/m1/s1. The zero-order valence-electron chi connectivity index (χ0n) is 6.97. The summed E-state index contributed by atoms with van der Waals surface area (Å²) in [5.74, 6) is -0.363. The Bertz CT molecular complexity index is 295. The van der Waals surface area contributed by atoms with Gasteiger partial charge in [-0.2, -0.15) is 4.39 Å². The van der Waals surface area contributed by atoms with Gasteiger partial charge in [-0.25, -0.2) is 4.98 Å². The predicted molar refractivity (Wildman–Crippen MR) is 44.3 cm³/mol. The maximum Gasteiger partial charge on any atom is 0.215 e. The third-order valence-corrected chi connectivity index (χ3v) is 2.26. The first-order valence-corrected chi connectivity index (χ1v) is 4.13. The molecular weight excluding hydrogens is 155 g/mol. The summed E-state index contributed by atoms with van der Waals surface area (Å²) in [6.45, 7) is 2.80. The molecule has 0 saturated carbocycles. The van der Waals surface area contributed by atoms with Crippen LogP contribution in [-0.2, 0) is 0 Å². The lowest BCUT2D eigenvalue weighted by Gasteiger charge is -2.27. The Balaban J connectivity index is 2.27. The van der Waals surface area contributed by atoms with Crippen LogP contribution < -0.4 is 5.32 Å². The fourth-order valence-corrected chi connectivity index (χ4v) is 1.34. The van der Waals surface area contributed by atoms with Crippen molar-refractivity contribution in [2.24, 2.45) is 0 Å². The number of nitrogens with one attached hydrogen (secondary N) is 1. The first-order valence-electron chi connectivity index (χ1n) is 4.13. The third kappa shape index (κ3) is 1.20. The van der Waals surface area contributed by atoms with Gasteiger partial charge in [-0.1, -0.05) is 0 Å². The highest BCUT2D eigenvalue weighted by Gasteiger charge is 2.19. The largest absolute Gasteiger partial charge is 0.310 e. The summed E-state index contributed by atoms with van der Waals surface area (Å²) < 4.78 is 12.8. The van der Waals surface area contributed by atoms with Gasteiger partial charge in [0.25, 0.3) is 0 Å². The van der Waals surface area contributed by atoms with E-state index in [2.05, 4.69) is 10.3 Å². The minimum Gasteiger partial charge on any atom is -0.310 e. The lowest BCUT2D eigenvalue weighted by Crippen LogP contribution is -2.35. The molecule has 12 heavy (non-hydrogen) atoms. The van der Waals surface area contributed by atoms with E-state index in [-0.39, 0.29) is 5.95 Å². The molecule has 1 aromatic heterocycles. The lowest BCUT2D eigenvalue weighted by molar-refractivity contribution is 0.381. The Morgan fingerprint density at radius 2 is 2.42 bits per heavy atom. The van der Waals surface area contributed by atoms with Crippen molar-refractivity contribution in [3.05, 3.63) is 29.3 Å². The van der Waals surface area contributed by atoms with Gasteiger partial charge in [0.2, 0.25) is 5.95 Å². The highest BCUT2D eigenvalue weighted by atomic mass is 19.1. The Kier molecular flexibility index (Phi) is 1.81. The summed E-state index contributed by atoms with van der Waals surface area (Å²) in [5, 5.41) is 3.25. The molecule has 2 heterocycles. The highest BCUT2D eigenvalue weighted by molar-refractivity contribution is 5.22. The summed E-state index contributed by atoms with van der Waals surface area (Å²) in [6.07, 6.45) is 2.74. The van der Waals surface area contributed by atoms with E-state index in [1.165, 1.54) is 0 Å². The van der Waals surface area contributed by atoms with Crippen molar-refractivity contribution in [2.75, 3.05) is 6.54 Å². The Morgan fingerprint density at radius 1 is 1.67 bits per heavy atom. The number of hydrogen-bond donors (Lipinski definition) is 1. The van der Waals surface area contributed by atoms with Crippen molar-refractivity contribution in [1.29, 1.82) is 0 Å². The first-order chi connectivity index (χ1) is 5.77. The molecule has 1 saturated heterocycles. The van der Waals surface area contributed by atoms with E-state index in [9.17, 15) is 4.39 Å². The molecule has 0 aliphatic carbocycles. The van der Waals surface area contributed by atoms with Gasteiger partial charge in [0.15, 0.2) is 0 Å². The van der Waals surface area contributed by atoms with Crippen LogP contribution in [-0.4, -0.2) is 11.5 Å². The maximum absolute atomic E-state index is 12.8. The molecule has 1 aliphatic heterocycles. The fourth-order valence-electron chi connectivity index (χ4n) is 1.34. The van der Waals surface area contributed by atoms with Gasteiger partial charge in [-0.3, -0.25) is 0 Å². The monoisotopic (exact) mass is 166 g/mol. The van der Waals surface area contributed by atoms with Crippen LogP contribution in [0.4, 0.5) is 4.39 Å². The van der Waals surface area contributed by atoms with Crippen LogP contribution in [0.5, 0.6) is 0 Å². The van der Waals surface area contributed by atoms with Crippen LogP contribution in [0.15, 0.2) is 12.3 Å². The van der Waals surface area contributed by atoms with Gasteiger partial charge >= 0.3 is 0 Å². The van der Waals surface area contributed by atoms with Crippen molar-refractivity contribution in [2.45, 2.75) is 19.4 Å². The molecule has 0 spiro atoms. The number of hydrogen-bond acceptors (Lipinski definition) is 2. The van der Waals surface area contributed by atoms with E-state index >= 15 is 0 Å². The van der Waals surface area contributed by atoms with Crippen LogP contribution in [0.25, 0.3) is 0 Å². The second-order valence-corrected chi connectivity index (χ2v) is 3.17. The average Bonchev–Trinajstić information content (AvgIpc) is 1.93. The molecule has 2 rings (SSSR count). The summed E-state index contributed by atoms with van der Waals surface area (Å²) in [7, 11) is 0. The minimum absolute atomic E-state index is 0.363. The van der Waals surface area contributed by atoms with Gasteiger partial charge in [0.05, 0.1) is 0 Å². The summed E-state index contributed by atoms with van der Waals surface area (Å²) in [4.78, 5) is 3.67. The molecule has 1 fully saturated rings. The van der Waals surface area contributed by atoms with Gasteiger partial charge in [-0.15, -0.1) is 0 Å². The molecule has 1 aliphatic rings. The van der Waals surface area contributed by atoms with Crippen LogP contribution in [0.3, 0.4) is 0 Å². The molecule has 1 aromatic rings. The molecule has 0 amide bonds. The van der Waals surface area contributed by atoms with Crippen LogP contribution >= 0.6 is 0 Å². The number of halogens is 1. The number of aryl methyl sites for hydroxylation is 1. The average molecular weight is 166 g/mol. The van der Waals surface area contributed by atoms with Crippen LogP contribution in [0.2, 0.25) is 0 Å². The van der Waals surface area contributed by atoms with E-state index in [0.29, 0.717) is 11.6 Å². The topological polar surface area (TPSA) is 24.9 Å². The molecule has 0 unspecified atom stereocenters. The van der Waals surface area contributed by atoms with Gasteiger partial charge in [0, 0.05) is 17.8 Å². The van der Waals surface area contributed by atoms with E-state index in [1.54, 1.807) is 13.1 Å². The number of nitrogens with zero attached hydrogens (tertiary/aromatic N) is 1. The molecule has 64 valence electrons. The zero-order valence-corrected chi connectivity index (χ0v) is 6.97. The number of rotatable bonds is 1. The van der Waals surface area contributed by atoms with Crippen LogP contribution in [0, 0.1) is 12.9 Å². The molecule has 1 N–H and O–H groups in total. The zero-order chi connectivity index (χ0) is 8.55. The van der Waals surface area contributed by atoms with Crippen molar-refractivity contribution < 1.29 is 4.39 Å². The predicted octanol–water partition coefficient (Wildman–Crippen LogP) is 1.56. The molecule has 2 nitrogen and oxygen atoms in total. The quantitative estimate of drug-likeness (QED) is 0.640. The first kappa shape index (κ1) is 7.68. The maximum atomic E-state index is 12.8. The highest BCUT2D eigenvalue weighted by Crippen LogP contribution is 2.22. The Morgan fingerprint density at radius 3 is 2.92 bits per heavy atom. The SMILES string of the molecule is Cc1cc([C@H]2CCN2)cnc1F. The Labute approximate surface area is 70.8 Å². The second kappa shape index (κ2) is 2.83. The minimum atomic E-state index is -0.363. The molecule has 0 radical (unpaired) electrons. The molecule has 1 atom stereocenters.